The van der Waals surface area contributed by atoms with Crippen LogP contribution >= 0.6 is 0 Å². The standard InChI is InChI=1S/C18H15NO5/c1-12-3-5-14(6-4-12)18(21)23-13(2)17(20)24-16-9-7-15(8-10-16)22-11-19/h3-10,13H,1-2H3. The highest BCUT2D eigenvalue weighted by atomic mass is 16.6. The second-order valence-electron chi connectivity index (χ2n) is 5.00. The minimum atomic E-state index is -1.06. The number of aryl methyl sites for hydroxylation is 1. The smallest absolute Gasteiger partial charge is 0.352 e. The van der Waals surface area contributed by atoms with Crippen LogP contribution in [-0.4, -0.2) is 18.0 Å². The molecule has 0 aliphatic carbocycles. The Bertz CT molecular complexity index is 759. The van der Waals surface area contributed by atoms with Crippen molar-refractivity contribution in [3.8, 4) is 17.8 Å². The van der Waals surface area contributed by atoms with Gasteiger partial charge < -0.3 is 14.2 Å². The van der Waals surface area contributed by atoms with E-state index < -0.39 is 18.0 Å². The fourth-order valence-corrected chi connectivity index (χ4v) is 1.79. The Morgan fingerprint density at radius 1 is 1.00 bits per heavy atom. The topological polar surface area (TPSA) is 85.6 Å². The molecule has 0 heterocycles. The van der Waals surface area contributed by atoms with E-state index in [0.717, 1.165) is 5.56 Å². The molecule has 0 fully saturated rings. The normalized spacial score (nSPS) is 11.0. The van der Waals surface area contributed by atoms with Crippen LogP contribution in [0.5, 0.6) is 11.5 Å². The largest absolute Gasteiger partial charge is 0.447 e. The van der Waals surface area contributed by atoms with Crippen LogP contribution in [0.25, 0.3) is 0 Å². The van der Waals surface area contributed by atoms with Crippen molar-refractivity contribution in [3.05, 3.63) is 59.7 Å². The van der Waals surface area contributed by atoms with Crippen LogP contribution in [0.3, 0.4) is 0 Å². The zero-order chi connectivity index (χ0) is 17.5. The molecule has 1 atom stereocenters. The lowest BCUT2D eigenvalue weighted by atomic mass is 10.1. The van der Waals surface area contributed by atoms with E-state index in [9.17, 15) is 9.59 Å². The van der Waals surface area contributed by atoms with E-state index in [1.54, 1.807) is 24.3 Å². The van der Waals surface area contributed by atoms with Crippen LogP contribution in [0.15, 0.2) is 48.5 Å². The predicted octanol–water partition coefficient (Wildman–Crippen LogP) is 3.01. The molecule has 0 aromatic heterocycles. The molecule has 24 heavy (non-hydrogen) atoms. The number of rotatable bonds is 5. The Kier molecular flexibility index (Phi) is 5.53. The fourth-order valence-electron chi connectivity index (χ4n) is 1.79. The van der Waals surface area contributed by atoms with Gasteiger partial charge in [-0.2, -0.15) is 0 Å². The summed E-state index contributed by atoms with van der Waals surface area (Å²) in [4.78, 5) is 23.9. The highest BCUT2D eigenvalue weighted by Crippen LogP contribution is 2.18. The van der Waals surface area contributed by atoms with Gasteiger partial charge in [0.2, 0.25) is 0 Å². The minimum Gasteiger partial charge on any atom is -0.447 e. The van der Waals surface area contributed by atoms with E-state index in [1.807, 2.05) is 6.92 Å². The molecule has 0 saturated heterocycles. The summed E-state index contributed by atoms with van der Waals surface area (Å²) in [6.45, 7) is 3.34. The van der Waals surface area contributed by atoms with Crippen molar-refractivity contribution >= 4 is 11.9 Å². The molecule has 0 bridgehead atoms. The SMILES string of the molecule is Cc1ccc(C(=O)OC(C)C(=O)Oc2ccc(OC#N)cc2)cc1. The molecule has 0 N–H and O–H groups in total. The molecule has 0 saturated carbocycles. The van der Waals surface area contributed by atoms with Gasteiger partial charge in [-0.05, 0) is 50.2 Å². The monoisotopic (exact) mass is 325 g/mol. The maximum Gasteiger partial charge on any atom is 0.352 e. The van der Waals surface area contributed by atoms with Gasteiger partial charge in [-0.15, -0.1) is 5.26 Å². The van der Waals surface area contributed by atoms with Crippen molar-refractivity contribution < 1.29 is 23.8 Å². The third-order valence-electron chi connectivity index (χ3n) is 3.11. The average Bonchev–Trinajstić information content (AvgIpc) is 2.57. The van der Waals surface area contributed by atoms with Gasteiger partial charge in [-0.3, -0.25) is 0 Å². The summed E-state index contributed by atoms with van der Waals surface area (Å²) in [6.07, 6.45) is 0.477. The third kappa shape index (κ3) is 4.58. The molecule has 6 nitrogen and oxygen atoms in total. The molecule has 0 radical (unpaired) electrons. The Labute approximate surface area is 139 Å². The molecule has 0 spiro atoms. The van der Waals surface area contributed by atoms with Crippen molar-refractivity contribution in [1.82, 2.24) is 0 Å². The summed E-state index contributed by atoms with van der Waals surface area (Å²) in [7, 11) is 0. The number of esters is 2. The lowest BCUT2D eigenvalue weighted by Crippen LogP contribution is -2.28. The number of nitriles is 1. The number of benzene rings is 2. The molecule has 0 aliphatic rings. The van der Waals surface area contributed by atoms with Gasteiger partial charge >= 0.3 is 11.9 Å². The highest BCUT2D eigenvalue weighted by molar-refractivity contribution is 5.91. The van der Waals surface area contributed by atoms with Gasteiger partial charge in [0, 0.05) is 0 Å². The average molecular weight is 325 g/mol. The molecule has 0 amide bonds. The fraction of sp³-hybridized carbons (Fsp3) is 0.167. The zero-order valence-corrected chi connectivity index (χ0v) is 13.2. The molecule has 122 valence electrons. The van der Waals surface area contributed by atoms with E-state index >= 15 is 0 Å². The van der Waals surface area contributed by atoms with Gasteiger partial charge in [-0.25, -0.2) is 9.59 Å². The highest BCUT2D eigenvalue weighted by Gasteiger charge is 2.21. The summed E-state index contributed by atoms with van der Waals surface area (Å²) in [5, 5.41) is 8.39. The lowest BCUT2D eigenvalue weighted by Gasteiger charge is -2.12. The molecule has 0 aliphatic heterocycles. The molecule has 2 aromatic rings. The summed E-state index contributed by atoms with van der Waals surface area (Å²) in [6, 6.07) is 12.7. The summed E-state index contributed by atoms with van der Waals surface area (Å²) >= 11 is 0. The van der Waals surface area contributed by atoms with Crippen LogP contribution in [0.1, 0.15) is 22.8 Å². The molecular formula is C18H15NO5. The summed E-state index contributed by atoms with van der Waals surface area (Å²) < 4.78 is 14.8. The first kappa shape index (κ1) is 17.0. The second kappa shape index (κ2) is 7.79. The molecule has 2 rings (SSSR count). The number of carbonyl (C=O) groups is 2. The quantitative estimate of drug-likeness (QED) is 0.477. The van der Waals surface area contributed by atoms with Crippen molar-refractivity contribution in [2.24, 2.45) is 0 Å². The molecular weight excluding hydrogens is 310 g/mol. The number of nitrogens with zero attached hydrogens (tertiary/aromatic N) is 1. The first-order valence-corrected chi connectivity index (χ1v) is 7.15. The van der Waals surface area contributed by atoms with Crippen LogP contribution in [0, 0.1) is 18.4 Å². The number of hydrogen-bond acceptors (Lipinski definition) is 6. The summed E-state index contributed by atoms with van der Waals surface area (Å²) in [5.74, 6) is -0.721. The van der Waals surface area contributed by atoms with Crippen molar-refractivity contribution in [2.45, 2.75) is 20.0 Å². The Morgan fingerprint density at radius 2 is 1.58 bits per heavy atom. The Morgan fingerprint density at radius 3 is 2.17 bits per heavy atom. The van der Waals surface area contributed by atoms with E-state index in [4.69, 9.17) is 14.7 Å². The van der Waals surface area contributed by atoms with Gasteiger partial charge in [-0.1, -0.05) is 17.7 Å². The number of carbonyl (C=O) groups excluding carboxylic acids is 2. The zero-order valence-electron chi connectivity index (χ0n) is 13.2. The van der Waals surface area contributed by atoms with Gasteiger partial charge in [0.15, 0.2) is 6.10 Å². The van der Waals surface area contributed by atoms with Crippen LogP contribution in [-0.2, 0) is 9.53 Å². The molecule has 2 aromatic carbocycles. The maximum atomic E-state index is 12.0. The third-order valence-corrected chi connectivity index (χ3v) is 3.11. The first-order valence-electron chi connectivity index (χ1n) is 7.15. The lowest BCUT2D eigenvalue weighted by molar-refractivity contribution is -0.143. The van der Waals surface area contributed by atoms with Crippen molar-refractivity contribution in [1.29, 1.82) is 5.26 Å². The number of ether oxygens (including phenoxy) is 3. The van der Waals surface area contributed by atoms with Crippen LogP contribution < -0.4 is 9.47 Å². The minimum absolute atomic E-state index is 0.253. The molecule has 1 unspecified atom stereocenters. The maximum absolute atomic E-state index is 12.0. The second-order valence-corrected chi connectivity index (χ2v) is 5.00. The van der Waals surface area contributed by atoms with Gasteiger partial charge in [0.1, 0.15) is 11.5 Å². The summed E-state index contributed by atoms with van der Waals surface area (Å²) in [5.41, 5.74) is 1.38. The Balaban J connectivity index is 1.93. The Hall–Kier alpha value is -3.33. The van der Waals surface area contributed by atoms with Crippen LogP contribution in [0.4, 0.5) is 0 Å². The van der Waals surface area contributed by atoms with Crippen molar-refractivity contribution in [2.75, 3.05) is 0 Å². The van der Waals surface area contributed by atoms with E-state index in [2.05, 4.69) is 4.74 Å². The van der Waals surface area contributed by atoms with Crippen molar-refractivity contribution in [3.63, 3.8) is 0 Å². The predicted molar refractivity (Wildman–Crippen MR) is 84.4 cm³/mol. The number of hydrogen-bond donors (Lipinski definition) is 0. The van der Waals surface area contributed by atoms with E-state index in [0.29, 0.717) is 11.3 Å². The van der Waals surface area contributed by atoms with Crippen LogP contribution in [0.2, 0.25) is 0 Å². The van der Waals surface area contributed by atoms with E-state index in [1.165, 1.54) is 37.4 Å². The molecule has 6 heteroatoms. The first-order chi connectivity index (χ1) is 11.5. The van der Waals surface area contributed by atoms with Gasteiger partial charge in [0.05, 0.1) is 5.56 Å². The van der Waals surface area contributed by atoms with E-state index in [-0.39, 0.29) is 5.75 Å². The van der Waals surface area contributed by atoms with Gasteiger partial charge in [0.25, 0.3) is 6.26 Å².